The summed E-state index contributed by atoms with van der Waals surface area (Å²) in [5.41, 5.74) is 0.0669. The molecule has 2 aromatic rings. The summed E-state index contributed by atoms with van der Waals surface area (Å²) in [6, 6.07) is 9.29. The molecule has 0 fully saturated rings. The van der Waals surface area contributed by atoms with Gasteiger partial charge in [-0.3, -0.25) is 4.72 Å². The number of esters is 1. The molecule has 0 bridgehead atoms. The lowest BCUT2D eigenvalue weighted by Gasteiger charge is -2.11. The predicted molar refractivity (Wildman–Crippen MR) is 81.7 cm³/mol. The van der Waals surface area contributed by atoms with E-state index in [2.05, 4.69) is 14.2 Å². The molecule has 0 saturated carbocycles. The average Bonchev–Trinajstić information content (AvgIpc) is 2.54. The summed E-state index contributed by atoms with van der Waals surface area (Å²) < 4.78 is 71.3. The van der Waals surface area contributed by atoms with Crippen LogP contribution in [0.25, 0.3) is 0 Å². The molecule has 25 heavy (non-hydrogen) atoms. The molecule has 134 valence electrons. The van der Waals surface area contributed by atoms with E-state index in [-0.39, 0.29) is 16.1 Å². The number of nitrogens with one attached hydrogen (secondary N) is 1. The first-order chi connectivity index (χ1) is 11.6. The van der Waals surface area contributed by atoms with Gasteiger partial charge >= 0.3 is 12.3 Å². The van der Waals surface area contributed by atoms with E-state index < -0.39 is 28.1 Å². The third-order valence-corrected chi connectivity index (χ3v) is 4.28. The average molecular weight is 375 g/mol. The maximum Gasteiger partial charge on any atom is 0.573 e. The van der Waals surface area contributed by atoms with Crippen LogP contribution in [0.5, 0.6) is 5.75 Å². The number of methoxy groups -OCH3 is 1. The number of halogens is 3. The fourth-order valence-corrected chi connectivity index (χ4v) is 2.95. The standard InChI is InChI=1S/C15H12F3NO5S/c1-23-14(20)10-3-2-4-13(9-10)25(21,22)19-11-5-7-12(8-6-11)24-15(16,17)18/h2-9,19H,1H3. The van der Waals surface area contributed by atoms with Crippen LogP contribution >= 0.6 is 0 Å². The van der Waals surface area contributed by atoms with Crippen molar-refractivity contribution in [1.82, 2.24) is 0 Å². The van der Waals surface area contributed by atoms with E-state index in [1.54, 1.807) is 0 Å². The summed E-state index contributed by atoms with van der Waals surface area (Å²) >= 11 is 0. The van der Waals surface area contributed by atoms with E-state index in [4.69, 9.17) is 0 Å². The topological polar surface area (TPSA) is 81.7 Å². The van der Waals surface area contributed by atoms with Gasteiger partial charge in [-0.1, -0.05) is 6.07 Å². The first kappa shape index (κ1) is 18.6. The SMILES string of the molecule is COC(=O)c1cccc(S(=O)(=O)Nc2ccc(OC(F)(F)F)cc2)c1. The van der Waals surface area contributed by atoms with Gasteiger partial charge in [0.15, 0.2) is 0 Å². The molecule has 0 aliphatic heterocycles. The summed E-state index contributed by atoms with van der Waals surface area (Å²) in [5.74, 6) is -1.19. The third kappa shape index (κ3) is 5.11. The smallest absolute Gasteiger partial charge is 0.465 e. The van der Waals surface area contributed by atoms with Crippen LogP contribution in [0.1, 0.15) is 10.4 Å². The van der Waals surface area contributed by atoms with E-state index in [0.29, 0.717) is 0 Å². The zero-order valence-electron chi connectivity index (χ0n) is 12.7. The van der Waals surface area contributed by atoms with E-state index in [9.17, 15) is 26.4 Å². The number of carbonyl (C=O) groups excluding carboxylic acids is 1. The van der Waals surface area contributed by atoms with Gasteiger partial charge in [0.2, 0.25) is 0 Å². The Kier molecular flexibility index (Phi) is 5.21. The van der Waals surface area contributed by atoms with Crippen LogP contribution in [0.3, 0.4) is 0 Å². The van der Waals surface area contributed by atoms with E-state index >= 15 is 0 Å². The van der Waals surface area contributed by atoms with Gasteiger partial charge in [-0.15, -0.1) is 13.2 Å². The van der Waals surface area contributed by atoms with E-state index in [1.807, 2.05) is 0 Å². The Balaban J connectivity index is 2.20. The zero-order valence-corrected chi connectivity index (χ0v) is 13.5. The molecule has 0 radical (unpaired) electrons. The molecule has 6 nitrogen and oxygen atoms in total. The monoisotopic (exact) mass is 375 g/mol. The van der Waals surface area contributed by atoms with E-state index in [0.717, 1.165) is 37.4 Å². The van der Waals surface area contributed by atoms with Crippen molar-refractivity contribution in [3.8, 4) is 5.75 Å². The first-order valence-electron chi connectivity index (χ1n) is 6.68. The van der Waals surface area contributed by atoms with Gasteiger partial charge < -0.3 is 9.47 Å². The maximum absolute atomic E-state index is 12.3. The lowest BCUT2D eigenvalue weighted by Crippen LogP contribution is -2.17. The molecule has 0 amide bonds. The van der Waals surface area contributed by atoms with Crippen molar-refractivity contribution in [2.24, 2.45) is 0 Å². The number of benzene rings is 2. The summed E-state index contributed by atoms with van der Waals surface area (Å²) in [6.45, 7) is 0. The van der Waals surface area contributed by atoms with E-state index in [1.165, 1.54) is 18.2 Å². The molecule has 0 saturated heterocycles. The lowest BCUT2D eigenvalue weighted by molar-refractivity contribution is -0.274. The second-order valence-corrected chi connectivity index (χ2v) is 6.38. The molecule has 0 atom stereocenters. The molecule has 0 spiro atoms. The number of sulfonamides is 1. The molecule has 0 unspecified atom stereocenters. The van der Waals surface area contributed by atoms with Crippen LogP contribution in [0.2, 0.25) is 0 Å². The van der Waals surface area contributed by atoms with Crippen LogP contribution < -0.4 is 9.46 Å². The fourth-order valence-electron chi connectivity index (χ4n) is 1.85. The Hall–Kier alpha value is -2.75. The van der Waals surface area contributed by atoms with Gasteiger partial charge in [-0.05, 0) is 42.5 Å². The summed E-state index contributed by atoms with van der Waals surface area (Å²) in [7, 11) is -2.89. The largest absolute Gasteiger partial charge is 0.573 e. The predicted octanol–water partition coefficient (Wildman–Crippen LogP) is 3.17. The maximum atomic E-state index is 12.3. The lowest BCUT2D eigenvalue weighted by atomic mass is 10.2. The van der Waals surface area contributed by atoms with Crippen molar-refractivity contribution in [3.63, 3.8) is 0 Å². The number of ether oxygens (including phenoxy) is 2. The zero-order chi connectivity index (χ0) is 18.7. The summed E-state index contributed by atoms with van der Waals surface area (Å²) in [6.07, 6.45) is -4.84. The number of anilines is 1. The van der Waals surface area contributed by atoms with Crippen molar-refractivity contribution in [2.45, 2.75) is 11.3 Å². The van der Waals surface area contributed by atoms with Gasteiger partial charge in [0, 0.05) is 5.69 Å². The molecular formula is C15H12F3NO5S. The van der Waals surface area contributed by atoms with Gasteiger partial charge in [0.05, 0.1) is 17.6 Å². The summed E-state index contributed by atoms with van der Waals surface area (Å²) in [5, 5.41) is 0. The fraction of sp³-hybridized carbons (Fsp3) is 0.133. The molecule has 0 aliphatic carbocycles. The van der Waals surface area contributed by atoms with Crippen LogP contribution in [0.4, 0.5) is 18.9 Å². The first-order valence-corrected chi connectivity index (χ1v) is 8.16. The Morgan fingerprint density at radius 1 is 1.08 bits per heavy atom. The Bertz CT molecular complexity index is 863. The van der Waals surface area contributed by atoms with Gasteiger partial charge in [-0.25, -0.2) is 13.2 Å². The normalized spacial score (nSPS) is 11.7. The highest BCUT2D eigenvalue weighted by Crippen LogP contribution is 2.25. The van der Waals surface area contributed by atoms with Crippen molar-refractivity contribution in [2.75, 3.05) is 11.8 Å². The van der Waals surface area contributed by atoms with Crippen LogP contribution in [0.15, 0.2) is 53.4 Å². The highest BCUT2D eigenvalue weighted by molar-refractivity contribution is 7.92. The Morgan fingerprint density at radius 2 is 1.72 bits per heavy atom. The van der Waals surface area contributed by atoms with Crippen molar-refractivity contribution < 1.29 is 35.9 Å². The number of rotatable bonds is 5. The highest BCUT2D eigenvalue weighted by Gasteiger charge is 2.31. The molecule has 0 heterocycles. The second kappa shape index (κ2) is 7.01. The minimum atomic E-state index is -4.84. The van der Waals surface area contributed by atoms with Gasteiger partial charge in [-0.2, -0.15) is 0 Å². The van der Waals surface area contributed by atoms with Crippen molar-refractivity contribution in [3.05, 3.63) is 54.1 Å². The molecular weight excluding hydrogens is 363 g/mol. The molecule has 1 N–H and O–H groups in total. The minimum Gasteiger partial charge on any atom is -0.465 e. The second-order valence-electron chi connectivity index (χ2n) is 4.70. The van der Waals surface area contributed by atoms with Crippen molar-refractivity contribution in [1.29, 1.82) is 0 Å². The molecule has 0 aromatic heterocycles. The van der Waals surface area contributed by atoms with Crippen LogP contribution in [-0.4, -0.2) is 27.9 Å². The minimum absolute atomic E-state index is 0.0259. The molecule has 2 rings (SSSR count). The van der Waals surface area contributed by atoms with Gasteiger partial charge in [0.25, 0.3) is 10.0 Å². The third-order valence-electron chi connectivity index (χ3n) is 2.91. The number of hydrogen-bond acceptors (Lipinski definition) is 5. The molecule has 0 aliphatic rings. The Morgan fingerprint density at radius 3 is 2.28 bits per heavy atom. The van der Waals surface area contributed by atoms with Crippen LogP contribution in [0, 0.1) is 0 Å². The molecule has 2 aromatic carbocycles. The summed E-state index contributed by atoms with van der Waals surface area (Å²) in [4.78, 5) is 11.3. The quantitative estimate of drug-likeness (QED) is 0.812. The molecule has 10 heteroatoms. The highest BCUT2D eigenvalue weighted by atomic mass is 32.2. The number of hydrogen-bond donors (Lipinski definition) is 1. The van der Waals surface area contributed by atoms with Gasteiger partial charge in [0.1, 0.15) is 5.75 Å². The Labute approximate surface area is 141 Å². The van der Waals surface area contributed by atoms with Crippen molar-refractivity contribution >= 4 is 21.7 Å². The number of alkyl halides is 3. The number of carbonyl (C=O) groups is 1. The van der Waals surface area contributed by atoms with Crippen LogP contribution in [-0.2, 0) is 14.8 Å².